The lowest BCUT2D eigenvalue weighted by molar-refractivity contribution is 0.331. The van der Waals surface area contributed by atoms with Crippen LogP contribution in [-0.2, 0) is 16.4 Å². The minimum atomic E-state index is -3.26. The lowest BCUT2D eigenvalue weighted by Crippen LogP contribution is -2.18. The van der Waals surface area contributed by atoms with Gasteiger partial charge in [-0.25, -0.2) is 18.4 Å². The quantitative estimate of drug-likeness (QED) is 0.542. The second-order valence-electron chi connectivity index (χ2n) is 7.65. The Kier molecular flexibility index (Phi) is 6.48. The van der Waals surface area contributed by atoms with Gasteiger partial charge in [-0.2, -0.15) is 0 Å². The van der Waals surface area contributed by atoms with Gasteiger partial charge in [-0.15, -0.1) is 0 Å². The van der Waals surface area contributed by atoms with Crippen molar-refractivity contribution in [2.75, 3.05) is 29.5 Å². The number of nitrogens with zero attached hydrogens (tertiary/aromatic N) is 3. The molecule has 2 heterocycles. The predicted molar refractivity (Wildman–Crippen MR) is 124 cm³/mol. The summed E-state index contributed by atoms with van der Waals surface area (Å²) in [6, 6.07) is 16.9. The van der Waals surface area contributed by atoms with E-state index in [1.165, 1.54) is 37.8 Å². The average Bonchev–Trinajstić information content (AvgIpc) is 3.27. The Bertz CT molecular complexity index is 1140. The molecule has 162 valence electrons. The number of anilines is 4. The minimum Gasteiger partial charge on any atom is -0.340 e. The predicted octanol–water partition coefficient (Wildman–Crippen LogP) is 4.35. The third-order valence-corrected chi connectivity index (χ3v) is 7.05. The number of benzene rings is 2. The van der Waals surface area contributed by atoms with E-state index in [0.29, 0.717) is 22.2 Å². The van der Waals surface area contributed by atoms with Crippen LogP contribution in [0.25, 0.3) is 0 Å². The number of aromatic nitrogens is 2. The Balaban J connectivity index is 1.46. The molecule has 0 radical (unpaired) electrons. The van der Waals surface area contributed by atoms with Crippen LogP contribution in [0, 0.1) is 0 Å². The molecule has 2 aromatic carbocycles. The Labute approximate surface area is 183 Å². The highest BCUT2D eigenvalue weighted by molar-refractivity contribution is 7.91. The zero-order valence-corrected chi connectivity index (χ0v) is 18.4. The van der Waals surface area contributed by atoms with Gasteiger partial charge in [-0.3, -0.25) is 4.90 Å². The van der Waals surface area contributed by atoms with Crippen molar-refractivity contribution in [3.05, 3.63) is 66.5 Å². The van der Waals surface area contributed by atoms with Gasteiger partial charge in [0, 0.05) is 24.0 Å². The molecule has 1 fully saturated rings. The molecule has 31 heavy (non-hydrogen) atoms. The van der Waals surface area contributed by atoms with Crippen LogP contribution >= 0.6 is 0 Å². The number of likely N-dealkylation sites (tertiary alicyclic amines) is 1. The summed E-state index contributed by atoms with van der Waals surface area (Å²) in [5.74, 6) is 1.31. The molecular formula is C23H27N5O2S. The zero-order chi connectivity index (χ0) is 21.7. The first-order valence-electron chi connectivity index (χ1n) is 10.5. The van der Waals surface area contributed by atoms with Gasteiger partial charge in [0.25, 0.3) is 0 Å². The monoisotopic (exact) mass is 437 g/mol. The number of hydrogen-bond donors (Lipinski definition) is 2. The van der Waals surface area contributed by atoms with Crippen molar-refractivity contribution in [2.24, 2.45) is 0 Å². The van der Waals surface area contributed by atoms with Gasteiger partial charge in [0.2, 0.25) is 0 Å². The van der Waals surface area contributed by atoms with Crippen molar-refractivity contribution in [3.63, 3.8) is 0 Å². The minimum absolute atomic E-state index is 0.0643. The van der Waals surface area contributed by atoms with E-state index in [1.54, 1.807) is 31.2 Å². The van der Waals surface area contributed by atoms with Crippen LogP contribution in [0.4, 0.5) is 23.0 Å². The molecule has 1 aliphatic rings. The summed E-state index contributed by atoms with van der Waals surface area (Å²) in [6.07, 6.45) is 4.04. The van der Waals surface area contributed by atoms with E-state index >= 15 is 0 Å². The Hall–Kier alpha value is -2.97. The van der Waals surface area contributed by atoms with Gasteiger partial charge < -0.3 is 10.6 Å². The summed E-state index contributed by atoms with van der Waals surface area (Å²) < 4.78 is 24.3. The van der Waals surface area contributed by atoms with Gasteiger partial charge in [0.1, 0.15) is 18.0 Å². The molecule has 0 amide bonds. The summed E-state index contributed by atoms with van der Waals surface area (Å²) in [7, 11) is -3.26. The topological polar surface area (TPSA) is 87.2 Å². The molecule has 0 aliphatic carbocycles. The van der Waals surface area contributed by atoms with Gasteiger partial charge in [-0.05, 0) is 61.8 Å². The highest BCUT2D eigenvalue weighted by Crippen LogP contribution is 2.23. The summed E-state index contributed by atoms with van der Waals surface area (Å²) in [5, 5.41) is 6.50. The first-order chi connectivity index (χ1) is 15.0. The molecule has 0 unspecified atom stereocenters. The van der Waals surface area contributed by atoms with Crippen molar-refractivity contribution in [1.82, 2.24) is 14.9 Å². The Morgan fingerprint density at radius 1 is 0.903 bits per heavy atom. The largest absolute Gasteiger partial charge is 0.340 e. The number of rotatable bonds is 8. The van der Waals surface area contributed by atoms with Crippen molar-refractivity contribution in [2.45, 2.75) is 31.2 Å². The molecule has 0 spiro atoms. The Morgan fingerprint density at radius 3 is 2.23 bits per heavy atom. The highest BCUT2D eigenvalue weighted by atomic mass is 32.2. The fourth-order valence-electron chi connectivity index (χ4n) is 3.67. The molecule has 1 saturated heterocycles. The summed E-state index contributed by atoms with van der Waals surface area (Å²) in [5.41, 5.74) is 2.90. The molecular weight excluding hydrogens is 410 g/mol. The molecule has 3 aromatic rings. The van der Waals surface area contributed by atoms with Gasteiger partial charge in [-0.1, -0.05) is 25.1 Å². The van der Waals surface area contributed by atoms with Gasteiger partial charge in [0.15, 0.2) is 9.84 Å². The molecule has 1 aromatic heterocycles. The lowest BCUT2D eigenvalue weighted by atomic mass is 10.2. The maximum atomic E-state index is 12.1. The maximum Gasteiger partial charge on any atom is 0.178 e. The van der Waals surface area contributed by atoms with Crippen LogP contribution in [0.15, 0.2) is 65.8 Å². The van der Waals surface area contributed by atoms with Crippen molar-refractivity contribution < 1.29 is 8.42 Å². The smallest absolute Gasteiger partial charge is 0.178 e. The highest BCUT2D eigenvalue weighted by Gasteiger charge is 2.13. The fourth-order valence-corrected chi connectivity index (χ4v) is 4.60. The van der Waals surface area contributed by atoms with Gasteiger partial charge in [0.05, 0.1) is 10.6 Å². The Morgan fingerprint density at radius 2 is 1.55 bits per heavy atom. The van der Waals surface area contributed by atoms with Crippen molar-refractivity contribution in [3.8, 4) is 0 Å². The molecule has 4 rings (SSSR count). The van der Waals surface area contributed by atoms with Crippen LogP contribution < -0.4 is 10.6 Å². The third kappa shape index (κ3) is 5.59. The second-order valence-corrected chi connectivity index (χ2v) is 9.93. The molecule has 0 bridgehead atoms. The van der Waals surface area contributed by atoms with Crippen LogP contribution in [-0.4, -0.2) is 42.1 Å². The molecule has 7 nitrogen and oxygen atoms in total. The molecule has 1 aliphatic heterocycles. The SMILES string of the molecule is CCS(=O)(=O)c1cccc(Nc2cc(Nc3cccc(CN4CCCC4)c3)ncn2)c1. The van der Waals surface area contributed by atoms with Crippen LogP contribution in [0.2, 0.25) is 0 Å². The number of hydrogen-bond acceptors (Lipinski definition) is 7. The van der Waals surface area contributed by atoms with E-state index in [9.17, 15) is 8.42 Å². The zero-order valence-electron chi connectivity index (χ0n) is 17.6. The van der Waals surface area contributed by atoms with E-state index < -0.39 is 9.84 Å². The van der Waals surface area contributed by atoms with E-state index in [0.717, 1.165) is 12.2 Å². The normalized spacial score (nSPS) is 14.5. The van der Waals surface area contributed by atoms with Gasteiger partial charge >= 0.3 is 0 Å². The van der Waals surface area contributed by atoms with Crippen LogP contribution in [0.5, 0.6) is 0 Å². The van der Waals surface area contributed by atoms with Crippen LogP contribution in [0.1, 0.15) is 25.3 Å². The number of sulfone groups is 1. The van der Waals surface area contributed by atoms with E-state index in [4.69, 9.17) is 0 Å². The first kappa shape index (κ1) is 21.3. The maximum absolute atomic E-state index is 12.1. The summed E-state index contributed by atoms with van der Waals surface area (Å²) >= 11 is 0. The van der Waals surface area contributed by atoms with E-state index in [1.807, 2.05) is 18.2 Å². The fraction of sp³-hybridized carbons (Fsp3) is 0.304. The third-order valence-electron chi connectivity index (χ3n) is 5.32. The average molecular weight is 438 g/mol. The van der Waals surface area contributed by atoms with Crippen molar-refractivity contribution >= 4 is 32.8 Å². The summed E-state index contributed by atoms with van der Waals surface area (Å²) in [6.45, 7) is 4.93. The molecule has 0 atom stereocenters. The first-order valence-corrected chi connectivity index (χ1v) is 12.2. The van der Waals surface area contributed by atoms with Crippen LogP contribution in [0.3, 0.4) is 0 Å². The molecule has 8 heteroatoms. The second kappa shape index (κ2) is 9.45. The van der Waals surface area contributed by atoms with E-state index in [2.05, 4.69) is 37.6 Å². The molecule has 2 N–H and O–H groups in total. The van der Waals surface area contributed by atoms with E-state index in [-0.39, 0.29) is 5.75 Å². The number of nitrogens with one attached hydrogen (secondary N) is 2. The lowest BCUT2D eigenvalue weighted by Gasteiger charge is -2.15. The van der Waals surface area contributed by atoms with Crippen molar-refractivity contribution in [1.29, 1.82) is 0 Å². The standard InChI is InChI=1S/C23H27N5O2S/c1-2-31(29,30)21-10-6-9-20(14-21)27-23-15-22(24-17-25-23)26-19-8-5-7-18(13-19)16-28-11-3-4-12-28/h5-10,13-15,17H,2-4,11-12,16H2,1H3,(H2,24,25,26,27). The summed E-state index contributed by atoms with van der Waals surface area (Å²) in [4.78, 5) is 11.3. The molecule has 0 saturated carbocycles.